The molecule has 5 nitrogen and oxygen atoms in total. The molecule has 1 aliphatic rings. The van der Waals surface area contributed by atoms with Crippen LogP contribution in [0.2, 0.25) is 0 Å². The molecule has 0 saturated heterocycles. The quantitative estimate of drug-likeness (QED) is 0.852. The molecule has 2 aromatic heterocycles. The van der Waals surface area contributed by atoms with E-state index in [0.29, 0.717) is 17.2 Å². The van der Waals surface area contributed by atoms with Crippen LogP contribution in [-0.4, -0.2) is 21.7 Å². The molecule has 0 spiro atoms. The van der Waals surface area contributed by atoms with Crippen LogP contribution in [0.5, 0.6) is 0 Å². The monoisotopic (exact) mass is 285 g/mol. The van der Waals surface area contributed by atoms with E-state index in [1.807, 2.05) is 18.2 Å². The Labute approximate surface area is 123 Å². The van der Waals surface area contributed by atoms with Crippen molar-refractivity contribution in [3.63, 3.8) is 0 Å². The Morgan fingerprint density at radius 3 is 2.86 bits per heavy atom. The minimum absolute atomic E-state index is 0.231. The first kappa shape index (κ1) is 13.8. The number of nitrogens with zero attached hydrogens (tertiary/aromatic N) is 3. The topological polar surface area (TPSA) is 60.4 Å². The average molecular weight is 285 g/mol. The van der Waals surface area contributed by atoms with Crippen LogP contribution in [0.25, 0.3) is 0 Å². The number of rotatable bonds is 2. The van der Waals surface area contributed by atoms with Gasteiger partial charge in [-0.2, -0.15) is 0 Å². The number of hydrogen-bond acceptors (Lipinski definition) is 4. The average Bonchev–Trinajstić information content (AvgIpc) is 2.95. The van der Waals surface area contributed by atoms with Gasteiger partial charge in [0.15, 0.2) is 0 Å². The van der Waals surface area contributed by atoms with E-state index in [2.05, 4.69) is 5.16 Å². The van der Waals surface area contributed by atoms with Crippen LogP contribution in [-0.2, 0) is 0 Å². The summed E-state index contributed by atoms with van der Waals surface area (Å²) in [4.78, 5) is 17.2. The lowest BCUT2D eigenvalue weighted by atomic mass is 9.96. The Balaban J connectivity index is 1.95. The third-order valence-corrected chi connectivity index (χ3v) is 3.79. The van der Waals surface area contributed by atoms with E-state index >= 15 is 0 Å². The van der Waals surface area contributed by atoms with Crippen LogP contribution >= 0.6 is 0 Å². The van der Waals surface area contributed by atoms with Crippen molar-refractivity contribution in [3.8, 4) is 0 Å². The second-order valence-electron chi connectivity index (χ2n) is 5.49. The molecule has 0 atom stereocenters. The fraction of sp³-hybridized carbons (Fsp3) is 0.438. The van der Waals surface area contributed by atoms with Gasteiger partial charge in [0.25, 0.3) is 0 Å². The van der Waals surface area contributed by atoms with Crippen molar-refractivity contribution >= 4 is 5.91 Å². The van der Waals surface area contributed by atoms with Crippen LogP contribution in [0, 0.1) is 6.92 Å². The lowest BCUT2D eigenvalue weighted by molar-refractivity contribution is 0.0917. The van der Waals surface area contributed by atoms with E-state index in [1.165, 1.54) is 23.8 Å². The Morgan fingerprint density at radius 1 is 1.33 bits per heavy atom. The molecule has 0 aromatic carbocycles. The summed E-state index contributed by atoms with van der Waals surface area (Å²) in [6.45, 7) is 1.79. The fourth-order valence-electron chi connectivity index (χ4n) is 2.69. The molecular weight excluding hydrogens is 266 g/mol. The molecule has 1 fully saturated rings. The van der Waals surface area contributed by atoms with Crippen molar-refractivity contribution in [1.82, 2.24) is 9.72 Å². The molecule has 5 heteroatoms. The molecule has 0 bridgehead atoms. The van der Waals surface area contributed by atoms with Gasteiger partial charge in [0.2, 0.25) is 5.76 Å². The maximum atomic E-state index is 12.5. The zero-order chi connectivity index (χ0) is 14.7. The smallest absolute Gasteiger partial charge is 0.302 e. The predicted octanol–water partition coefficient (Wildman–Crippen LogP) is 2.71. The highest BCUT2D eigenvalue weighted by Gasteiger charge is 2.16. The van der Waals surface area contributed by atoms with E-state index in [1.54, 1.807) is 19.2 Å². The predicted molar refractivity (Wildman–Crippen MR) is 77.8 cm³/mol. The van der Waals surface area contributed by atoms with Gasteiger partial charge in [-0.1, -0.05) is 30.5 Å². The van der Waals surface area contributed by atoms with Crippen LogP contribution in [0.3, 0.4) is 0 Å². The summed E-state index contributed by atoms with van der Waals surface area (Å²) >= 11 is 0. The van der Waals surface area contributed by atoms with Crippen LogP contribution < -0.4 is 5.49 Å². The number of carbonyl (C=O) groups excluding carboxylic acids is 1. The first-order valence-electron chi connectivity index (χ1n) is 7.43. The summed E-state index contributed by atoms with van der Waals surface area (Å²) in [5, 5.41) is 3.77. The van der Waals surface area contributed by atoms with Gasteiger partial charge in [-0.05, 0) is 31.9 Å². The van der Waals surface area contributed by atoms with Gasteiger partial charge in [0.1, 0.15) is 5.49 Å². The second-order valence-corrected chi connectivity index (χ2v) is 5.49. The molecule has 0 radical (unpaired) electrons. The van der Waals surface area contributed by atoms with Gasteiger partial charge in [0, 0.05) is 12.3 Å². The van der Waals surface area contributed by atoms with Gasteiger partial charge in [0.05, 0.1) is 11.7 Å². The molecule has 2 heterocycles. The fourth-order valence-corrected chi connectivity index (χ4v) is 2.69. The normalized spacial score (nSPS) is 17.1. The summed E-state index contributed by atoms with van der Waals surface area (Å²) in [7, 11) is 0. The summed E-state index contributed by atoms with van der Waals surface area (Å²) in [5.41, 5.74) is 1.38. The highest BCUT2D eigenvalue weighted by molar-refractivity contribution is 5.93. The molecule has 21 heavy (non-hydrogen) atoms. The van der Waals surface area contributed by atoms with Crippen molar-refractivity contribution in [2.75, 3.05) is 0 Å². The van der Waals surface area contributed by atoms with E-state index < -0.39 is 0 Å². The number of carbonyl (C=O) groups is 1. The summed E-state index contributed by atoms with van der Waals surface area (Å²) in [5.74, 6) is 0.00885. The molecular formula is C16H19N3O2. The van der Waals surface area contributed by atoms with Crippen molar-refractivity contribution in [2.45, 2.75) is 45.1 Å². The van der Waals surface area contributed by atoms with Crippen LogP contribution in [0.4, 0.5) is 0 Å². The van der Waals surface area contributed by atoms with Crippen molar-refractivity contribution in [3.05, 3.63) is 47.4 Å². The largest absolute Gasteiger partial charge is 0.351 e. The molecule has 0 aliphatic heterocycles. The summed E-state index contributed by atoms with van der Waals surface area (Å²) < 4.78 is 6.60. The van der Waals surface area contributed by atoms with Crippen LogP contribution in [0.1, 0.15) is 48.4 Å². The van der Waals surface area contributed by atoms with Gasteiger partial charge >= 0.3 is 5.91 Å². The standard InChI is InChI=1S/C16H19N3O2/c1-12-11-14(21-18-12)16(20)19-10-6-5-9-15(19)17-13-7-3-2-4-8-13/h5-6,9-11,13H,2-4,7-8H2,1H3. The van der Waals surface area contributed by atoms with Gasteiger partial charge in [-0.3, -0.25) is 14.4 Å². The number of aromatic nitrogens is 2. The molecule has 1 saturated carbocycles. The zero-order valence-electron chi connectivity index (χ0n) is 12.2. The highest BCUT2D eigenvalue weighted by atomic mass is 16.5. The van der Waals surface area contributed by atoms with Gasteiger partial charge in [-0.15, -0.1) is 0 Å². The molecule has 3 rings (SSSR count). The first-order chi connectivity index (χ1) is 10.2. The lowest BCUT2D eigenvalue weighted by Crippen LogP contribution is -2.29. The second kappa shape index (κ2) is 6.08. The van der Waals surface area contributed by atoms with Crippen LogP contribution in [0.15, 0.2) is 40.0 Å². The molecule has 0 N–H and O–H groups in total. The van der Waals surface area contributed by atoms with E-state index in [0.717, 1.165) is 12.8 Å². The van der Waals surface area contributed by atoms with E-state index in [9.17, 15) is 4.79 Å². The molecule has 2 aromatic rings. The Bertz CT molecular complexity index is 693. The third-order valence-electron chi connectivity index (χ3n) is 3.79. The van der Waals surface area contributed by atoms with Crippen molar-refractivity contribution in [2.24, 2.45) is 4.99 Å². The maximum Gasteiger partial charge on any atom is 0.302 e. The lowest BCUT2D eigenvalue weighted by Gasteiger charge is -2.17. The number of aryl methyl sites for hydroxylation is 1. The Hall–Kier alpha value is -2.17. The van der Waals surface area contributed by atoms with Crippen molar-refractivity contribution in [1.29, 1.82) is 0 Å². The van der Waals surface area contributed by atoms with E-state index in [-0.39, 0.29) is 11.7 Å². The molecule has 110 valence electrons. The Morgan fingerprint density at radius 2 is 2.14 bits per heavy atom. The third kappa shape index (κ3) is 3.12. The Kier molecular flexibility index (Phi) is 3.99. The zero-order valence-corrected chi connectivity index (χ0v) is 12.2. The van der Waals surface area contributed by atoms with E-state index in [4.69, 9.17) is 9.52 Å². The number of hydrogen-bond donors (Lipinski definition) is 0. The molecule has 0 unspecified atom stereocenters. The first-order valence-corrected chi connectivity index (χ1v) is 7.43. The minimum Gasteiger partial charge on any atom is -0.351 e. The summed E-state index contributed by atoms with van der Waals surface area (Å²) in [6, 6.07) is 7.55. The highest BCUT2D eigenvalue weighted by Crippen LogP contribution is 2.19. The SMILES string of the molecule is Cc1cc(C(=O)n2ccccc2=NC2CCCCC2)on1. The minimum atomic E-state index is -0.231. The summed E-state index contributed by atoms with van der Waals surface area (Å²) in [6.07, 6.45) is 7.65. The van der Waals surface area contributed by atoms with Gasteiger partial charge in [-0.25, -0.2) is 0 Å². The van der Waals surface area contributed by atoms with Gasteiger partial charge < -0.3 is 4.52 Å². The molecule has 0 amide bonds. The molecule has 1 aliphatic carbocycles. The number of pyridine rings is 1. The van der Waals surface area contributed by atoms with Crippen molar-refractivity contribution < 1.29 is 9.32 Å². The maximum absolute atomic E-state index is 12.5.